The molecule has 0 aliphatic heterocycles. The van der Waals surface area contributed by atoms with Gasteiger partial charge in [-0.1, -0.05) is 140 Å². The molecule has 0 fully saturated rings. The summed E-state index contributed by atoms with van der Waals surface area (Å²) in [6, 6.07) is 59.7. The Bertz CT molecular complexity index is 2770. The molecule has 0 N–H and O–H groups in total. The Morgan fingerprint density at radius 1 is 0.327 bits per heavy atom. The van der Waals surface area contributed by atoms with E-state index >= 15 is 0 Å². The molecule has 0 saturated carbocycles. The van der Waals surface area contributed by atoms with Crippen molar-refractivity contribution in [1.29, 1.82) is 0 Å². The molecule has 4 nitrogen and oxygen atoms in total. The van der Waals surface area contributed by atoms with Crippen molar-refractivity contribution in [1.82, 2.24) is 19.5 Å². The van der Waals surface area contributed by atoms with Crippen molar-refractivity contribution in [2.75, 3.05) is 0 Å². The van der Waals surface area contributed by atoms with Crippen LogP contribution in [0.5, 0.6) is 0 Å². The minimum absolute atomic E-state index is 0.646. The van der Waals surface area contributed by atoms with Gasteiger partial charge in [-0.15, -0.1) is 0 Å². The standard InChI is InChI=1S/C45H28N4/c1-4-14-29(15-5-1)43-46-44(30-16-6-2-7-17-30)48-45(47-43)31-24-27-40-39(28-31)38-26-25-37-35-22-11-10-20-33(35)34-21-12-13-23-36(34)41(37)42(38)49(40)32-18-8-3-9-19-32/h1-28H. The Hall–Kier alpha value is -6.65. The minimum atomic E-state index is 0.646. The zero-order chi connectivity index (χ0) is 32.3. The third-order valence-electron chi connectivity index (χ3n) is 9.60. The highest BCUT2D eigenvalue weighted by molar-refractivity contribution is 6.33. The highest BCUT2D eigenvalue weighted by Crippen LogP contribution is 2.43. The van der Waals surface area contributed by atoms with Crippen LogP contribution in [0.4, 0.5) is 0 Å². The first-order chi connectivity index (χ1) is 24.3. The van der Waals surface area contributed by atoms with Crippen LogP contribution in [0, 0.1) is 0 Å². The summed E-state index contributed by atoms with van der Waals surface area (Å²) in [6.45, 7) is 0. The lowest BCUT2D eigenvalue weighted by molar-refractivity contribution is 1.07. The van der Waals surface area contributed by atoms with Gasteiger partial charge < -0.3 is 4.57 Å². The van der Waals surface area contributed by atoms with Crippen LogP contribution in [-0.2, 0) is 0 Å². The summed E-state index contributed by atoms with van der Waals surface area (Å²) in [5, 5.41) is 9.89. The average molecular weight is 625 g/mol. The normalized spacial score (nSPS) is 11.7. The number of fused-ring (bicyclic) bond motifs is 10. The highest BCUT2D eigenvalue weighted by atomic mass is 15.0. The molecule has 0 spiro atoms. The molecule has 0 bridgehead atoms. The molecule has 2 aromatic heterocycles. The molecule has 10 rings (SSSR count). The quantitative estimate of drug-likeness (QED) is 0.183. The van der Waals surface area contributed by atoms with E-state index in [1.807, 2.05) is 60.7 Å². The summed E-state index contributed by atoms with van der Waals surface area (Å²) in [5.74, 6) is 1.95. The molecule has 0 saturated heterocycles. The molecule has 0 aliphatic rings. The second kappa shape index (κ2) is 11.0. The molecule has 4 heteroatoms. The minimum Gasteiger partial charge on any atom is -0.309 e. The number of aromatic nitrogens is 4. The molecule has 2 heterocycles. The van der Waals surface area contributed by atoms with Crippen molar-refractivity contribution in [3.63, 3.8) is 0 Å². The summed E-state index contributed by atoms with van der Waals surface area (Å²) in [4.78, 5) is 15.0. The fourth-order valence-corrected chi connectivity index (χ4v) is 7.42. The fourth-order valence-electron chi connectivity index (χ4n) is 7.42. The lowest BCUT2D eigenvalue weighted by Gasteiger charge is -2.14. The van der Waals surface area contributed by atoms with Gasteiger partial charge in [0.2, 0.25) is 0 Å². The van der Waals surface area contributed by atoms with E-state index in [0.717, 1.165) is 33.3 Å². The summed E-state index contributed by atoms with van der Waals surface area (Å²) in [6.07, 6.45) is 0. The van der Waals surface area contributed by atoms with E-state index < -0.39 is 0 Å². The van der Waals surface area contributed by atoms with Gasteiger partial charge in [0.25, 0.3) is 0 Å². The zero-order valence-corrected chi connectivity index (χ0v) is 26.5. The van der Waals surface area contributed by atoms with E-state index in [4.69, 9.17) is 15.0 Å². The SMILES string of the molecule is c1ccc(-c2nc(-c3ccccc3)nc(-c3ccc4c(c3)c3ccc5c6ccccc6c6ccccc6c5c3n4-c3ccccc3)n2)cc1. The van der Waals surface area contributed by atoms with E-state index in [2.05, 4.69) is 114 Å². The van der Waals surface area contributed by atoms with E-state index in [-0.39, 0.29) is 0 Å². The Kier molecular flexibility index (Phi) is 6.15. The number of hydrogen-bond acceptors (Lipinski definition) is 3. The first-order valence-corrected chi connectivity index (χ1v) is 16.5. The van der Waals surface area contributed by atoms with Crippen molar-refractivity contribution in [2.45, 2.75) is 0 Å². The maximum absolute atomic E-state index is 5.05. The van der Waals surface area contributed by atoms with Gasteiger partial charge in [0.05, 0.1) is 11.0 Å². The highest BCUT2D eigenvalue weighted by Gasteiger charge is 2.20. The lowest BCUT2D eigenvalue weighted by Crippen LogP contribution is -2.00. The molecule has 0 aliphatic carbocycles. The first-order valence-electron chi connectivity index (χ1n) is 16.5. The lowest BCUT2D eigenvalue weighted by atomic mass is 9.93. The Morgan fingerprint density at radius 3 is 1.37 bits per heavy atom. The van der Waals surface area contributed by atoms with Gasteiger partial charge in [-0.3, -0.25) is 0 Å². The summed E-state index contributed by atoms with van der Waals surface area (Å²) >= 11 is 0. The monoisotopic (exact) mass is 624 g/mol. The number of rotatable bonds is 4. The third-order valence-corrected chi connectivity index (χ3v) is 9.60. The second-order valence-electron chi connectivity index (χ2n) is 12.4. The molecule has 0 unspecified atom stereocenters. The molecular formula is C45H28N4. The van der Waals surface area contributed by atoms with Crippen LogP contribution in [0.1, 0.15) is 0 Å². The van der Waals surface area contributed by atoms with Gasteiger partial charge in [-0.25, -0.2) is 15.0 Å². The largest absolute Gasteiger partial charge is 0.309 e. The molecular weight excluding hydrogens is 597 g/mol. The molecule has 10 aromatic rings. The van der Waals surface area contributed by atoms with Crippen LogP contribution < -0.4 is 0 Å². The van der Waals surface area contributed by atoms with Gasteiger partial charge in [0.1, 0.15) is 0 Å². The van der Waals surface area contributed by atoms with Crippen molar-refractivity contribution in [3.8, 4) is 39.9 Å². The molecule has 0 radical (unpaired) electrons. The maximum Gasteiger partial charge on any atom is 0.164 e. The number of nitrogens with zero attached hydrogens (tertiary/aromatic N) is 4. The van der Waals surface area contributed by atoms with E-state index in [9.17, 15) is 0 Å². The average Bonchev–Trinajstić information content (AvgIpc) is 3.52. The summed E-state index contributed by atoms with van der Waals surface area (Å²) < 4.78 is 2.43. The van der Waals surface area contributed by atoms with Crippen molar-refractivity contribution < 1.29 is 0 Å². The molecule has 228 valence electrons. The predicted molar refractivity (Wildman–Crippen MR) is 203 cm³/mol. The Morgan fingerprint density at radius 2 is 0.776 bits per heavy atom. The molecule has 49 heavy (non-hydrogen) atoms. The summed E-state index contributed by atoms with van der Waals surface area (Å²) in [5.41, 5.74) is 6.31. The third kappa shape index (κ3) is 4.35. The van der Waals surface area contributed by atoms with Crippen LogP contribution in [0.2, 0.25) is 0 Å². The van der Waals surface area contributed by atoms with E-state index in [1.165, 1.54) is 43.2 Å². The Labute approximate surface area is 282 Å². The van der Waals surface area contributed by atoms with E-state index in [0.29, 0.717) is 17.5 Å². The first kappa shape index (κ1) is 27.5. The summed E-state index contributed by atoms with van der Waals surface area (Å²) in [7, 11) is 0. The van der Waals surface area contributed by atoms with Gasteiger partial charge in [0, 0.05) is 38.5 Å². The topological polar surface area (TPSA) is 43.6 Å². The molecule has 8 aromatic carbocycles. The molecule has 0 atom stereocenters. The van der Waals surface area contributed by atoms with Crippen LogP contribution >= 0.6 is 0 Å². The van der Waals surface area contributed by atoms with Crippen molar-refractivity contribution >= 4 is 54.1 Å². The zero-order valence-electron chi connectivity index (χ0n) is 26.5. The van der Waals surface area contributed by atoms with Gasteiger partial charge >= 0.3 is 0 Å². The Balaban J connectivity index is 1.31. The van der Waals surface area contributed by atoms with Crippen LogP contribution in [0.25, 0.3) is 94.0 Å². The second-order valence-corrected chi connectivity index (χ2v) is 12.4. The predicted octanol–water partition coefficient (Wildman–Crippen LogP) is 11.4. The van der Waals surface area contributed by atoms with E-state index in [1.54, 1.807) is 0 Å². The number of hydrogen-bond donors (Lipinski definition) is 0. The van der Waals surface area contributed by atoms with Gasteiger partial charge in [-0.05, 0) is 57.3 Å². The van der Waals surface area contributed by atoms with Crippen LogP contribution in [-0.4, -0.2) is 19.5 Å². The number of para-hydroxylation sites is 1. The van der Waals surface area contributed by atoms with Crippen molar-refractivity contribution in [3.05, 3.63) is 170 Å². The van der Waals surface area contributed by atoms with Crippen LogP contribution in [0.3, 0.4) is 0 Å². The van der Waals surface area contributed by atoms with Gasteiger partial charge in [0.15, 0.2) is 17.5 Å². The molecule has 0 amide bonds. The smallest absolute Gasteiger partial charge is 0.164 e. The number of benzene rings is 8. The van der Waals surface area contributed by atoms with Crippen molar-refractivity contribution in [2.24, 2.45) is 0 Å². The fraction of sp³-hybridized carbons (Fsp3) is 0. The maximum atomic E-state index is 5.05. The van der Waals surface area contributed by atoms with Gasteiger partial charge in [-0.2, -0.15) is 0 Å². The van der Waals surface area contributed by atoms with Crippen LogP contribution in [0.15, 0.2) is 170 Å².